The quantitative estimate of drug-likeness (QED) is 0.783. The summed E-state index contributed by atoms with van der Waals surface area (Å²) >= 11 is 1.92. The predicted octanol–water partition coefficient (Wildman–Crippen LogP) is 1.39. The SMILES string of the molecule is CSC1(CNC(=O)[C@@H]2CCCNC2)CCC1. The lowest BCUT2D eigenvalue weighted by molar-refractivity contribution is -0.125. The molecule has 1 atom stereocenters. The zero-order valence-electron chi connectivity index (χ0n) is 10.1. The molecule has 2 N–H and O–H groups in total. The van der Waals surface area contributed by atoms with Crippen LogP contribution in [0.5, 0.6) is 0 Å². The van der Waals surface area contributed by atoms with Gasteiger partial charge in [0.05, 0.1) is 5.92 Å². The van der Waals surface area contributed by atoms with Crippen LogP contribution in [0.1, 0.15) is 32.1 Å². The maximum Gasteiger partial charge on any atom is 0.224 e. The normalized spacial score (nSPS) is 28.2. The van der Waals surface area contributed by atoms with Crippen LogP contribution in [0.15, 0.2) is 0 Å². The van der Waals surface area contributed by atoms with Gasteiger partial charge in [0.15, 0.2) is 0 Å². The average Bonchev–Trinajstić information content (AvgIpc) is 2.29. The molecule has 0 bridgehead atoms. The first-order chi connectivity index (χ1) is 7.76. The van der Waals surface area contributed by atoms with E-state index in [0.29, 0.717) is 4.75 Å². The van der Waals surface area contributed by atoms with Crippen LogP contribution in [-0.2, 0) is 4.79 Å². The molecule has 1 saturated heterocycles. The van der Waals surface area contributed by atoms with Crippen LogP contribution in [0, 0.1) is 5.92 Å². The van der Waals surface area contributed by atoms with Gasteiger partial charge in [-0.05, 0) is 38.5 Å². The minimum atomic E-state index is 0.202. The van der Waals surface area contributed by atoms with Crippen molar-refractivity contribution in [3.8, 4) is 0 Å². The molecule has 1 heterocycles. The molecule has 0 aromatic rings. The molecule has 0 radical (unpaired) electrons. The van der Waals surface area contributed by atoms with Crippen molar-refractivity contribution in [3.05, 3.63) is 0 Å². The molecule has 4 heteroatoms. The van der Waals surface area contributed by atoms with Gasteiger partial charge in [0.25, 0.3) is 0 Å². The molecule has 0 aromatic heterocycles. The fraction of sp³-hybridized carbons (Fsp3) is 0.917. The third kappa shape index (κ3) is 2.72. The van der Waals surface area contributed by atoms with E-state index < -0.39 is 0 Å². The Morgan fingerprint density at radius 1 is 1.50 bits per heavy atom. The summed E-state index contributed by atoms with van der Waals surface area (Å²) in [7, 11) is 0. The maximum absolute atomic E-state index is 11.9. The van der Waals surface area contributed by atoms with Gasteiger partial charge in [0, 0.05) is 17.8 Å². The van der Waals surface area contributed by atoms with Crippen molar-refractivity contribution in [1.82, 2.24) is 10.6 Å². The smallest absolute Gasteiger partial charge is 0.224 e. The van der Waals surface area contributed by atoms with E-state index in [2.05, 4.69) is 16.9 Å². The zero-order valence-corrected chi connectivity index (χ0v) is 10.9. The Labute approximate surface area is 102 Å². The largest absolute Gasteiger partial charge is 0.354 e. The molecule has 2 aliphatic rings. The van der Waals surface area contributed by atoms with E-state index in [1.807, 2.05) is 11.8 Å². The van der Waals surface area contributed by atoms with Crippen LogP contribution < -0.4 is 10.6 Å². The highest BCUT2D eigenvalue weighted by Gasteiger charge is 2.36. The number of hydrogen-bond acceptors (Lipinski definition) is 3. The first-order valence-electron chi connectivity index (χ1n) is 6.29. The number of carbonyl (C=O) groups is 1. The molecule has 2 rings (SSSR count). The number of amides is 1. The number of rotatable bonds is 4. The van der Waals surface area contributed by atoms with Crippen molar-refractivity contribution in [2.24, 2.45) is 5.92 Å². The number of piperidine rings is 1. The molecule has 1 aliphatic heterocycles. The molecule has 1 amide bonds. The summed E-state index contributed by atoms with van der Waals surface area (Å²) in [5.74, 6) is 0.459. The van der Waals surface area contributed by atoms with E-state index in [1.54, 1.807) is 0 Å². The minimum absolute atomic E-state index is 0.202. The van der Waals surface area contributed by atoms with Crippen LogP contribution in [0.3, 0.4) is 0 Å². The number of nitrogens with one attached hydrogen (secondary N) is 2. The second-order valence-electron chi connectivity index (χ2n) is 5.00. The Kier molecular flexibility index (Phi) is 4.14. The summed E-state index contributed by atoms with van der Waals surface area (Å²) in [6, 6.07) is 0. The highest BCUT2D eigenvalue weighted by atomic mass is 32.2. The summed E-state index contributed by atoms with van der Waals surface area (Å²) < 4.78 is 0.359. The van der Waals surface area contributed by atoms with Crippen molar-refractivity contribution in [3.63, 3.8) is 0 Å². The van der Waals surface area contributed by atoms with Crippen LogP contribution in [0.25, 0.3) is 0 Å². The minimum Gasteiger partial charge on any atom is -0.354 e. The van der Waals surface area contributed by atoms with Gasteiger partial charge in [-0.15, -0.1) is 0 Å². The van der Waals surface area contributed by atoms with Gasteiger partial charge in [-0.25, -0.2) is 0 Å². The van der Waals surface area contributed by atoms with Gasteiger partial charge in [0.1, 0.15) is 0 Å². The molecule has 1 saturated carbocycles. The Hall–Kier alpha value is -0.220. The molecule has 2 fully saturated rings. The van der Waals surface area contributed by atoms with Crippen molar-refractivity contribution in [2.75, 3.05) is 25.9 Å². The third-order valence-corrected chi connectivity index (χ3v) is 5.37. The van der Waals surface area contributed by atoms with Gasteiger partial charge in [-0.1, -0.05) is 6.42 Å². The molecule has 0 aromatic carbocycles. The van der Waals surface area contributed by atoms with E-state index in [1.165, 1.54) is 19.3 Å². The Balaban J connectivity index is 1.74. The second-order valence-corrected chi connectivity index (χ2v) is 6.28. The highest BCUT2D eigenvalue weighted by Crippen LogP contribution is 2.42. The lowest BCUT2D eigenvalue weighted by Gasteiger charge is -2.40. The lowest BCUT2D eigenvalue weighted by Crippen LogP contribution is -2.48. The molecular formula is C12H22N2OS. The van der Waals surface area contributed by atoms with Crippen molar-refractivity contribution < 1.29 is 4.79 Å². The number of carbonyl (C=O) groups excluding carboxylic acids is 1. The van der Waals surface area contributed by atoms with E-state index >= 15 is 0 Å². The summed E-state index contributed by atoms with van der Waals surface area (Å²) in [5.41, 5.74) is 0. The van der Waals surface area contributed by atoms with Crippen LogP contribution in [0.2, 0.25) is 0 Å². The molecular weight excluding hydrogens is 220 g/mol. The molecule has 0 spiro atoms. The number of hydrogen-bond donors (Lipinski definition) is 2. The molecule has 92 valence electrons. The molecule has 3 nitrogen and oxygen atoms in total. The predicted molar refractivity (Wildman–Crippen MR) is 68.7 cm³/mol. The van der Waals surface area contributed by atoms with E-state index in [0.717, 1.165) is 32.5 Å². The average molecular weight is 242 g/mol. The topological polar surface area (TPSA) is 41.1 Å². The Morgan fingerprint density at radius 2 is 2.31 bits per heavy atom. The monoisotopic (exact) mass is 242 g/mol. The fourth-order valence-electron chi connectivity index (χ4n) is 2.49. The first-order valence-corrected chi connectivity index (χ1v) is 7.52. The highest BCUT2D eigenvalue weighted by molar-refractivity contribution is 8.00. The maximum atomic E-state index is 11.9. The third-order valence-electron chi connectivity index (χ3n) is 3.95. The summed E-state index contributed by atoms with van der Waals surface area (Å²) in [6.07, 6.45) is 8.18. The number of thioether (sulfide) groups is 1. The summed E-state index contributed by atoms with van der Waals surface area (Å²) in [6.45, 7) is 2.79. The van der Waals surface area contributed by atoms with Crippen LogP contribution >= 0.6 is 11.8 Å². The molecule has 16 heavy (non-hydrogen) atoms. The van der Waals surface area contributed by atoms with Crippen molar-refractivity contribution in [2.45, 2.75) is 36.9 Å². The van der Waals surface area contributed by atoms with E-state index in [-0.39, 0.29) is 11.8 Å². The summed E-state index contributed by atoms with van der Waals surface area (Å²) in [4.78, 5) is 11.9. The lowest BCUT2D eigenvalue weighted by atomic mass is 9.84. The Bertz CT molecular complexity index is 242. The standard InChI is InChI=1S/C12H22N2OS/c1-16-12(5-3-6-12)9-14-11(15)10-4-2-7-13-8-10/h10,13H,2-9H2,1H3,(H,14,15)/t10-/m1/s1. The molecule has 0 unspecified atom stereocenters. The summed E-state index contributed by atoms with van der Waals surface area (Å²) in [5, 5.41) is 6.44. The Morgan fingerprint density at radius 3 is 2.81 bits per heavy atom. The van der Waals surface area contributed by atoms with E-state index in [9.17, 15) is 4.79 Å². The fourth-order valence-corrected chi connectivity index (χ4v) is 3.41. The van der Waals surface area contributed by atoms with Gasteiger partial charge < -0.3 is 10.6 Å². The van der Waals surface area contributed by atoms with Gasteiger partial charge in [-0.2, -0.15) is 11.8 Å². The van der Waals surface area contributed by atoms with Gasteiger partial charge >= 0.3 is 0 Å². The van der Waals surface area contributed by atoms with Crippen molar-refractivity contribution in [1.29, 1.82) is 0 Å². The van der Waals surface area contributed by atoms with Gasteiger partial charge in [-0.3, -0.25) is 4.79 Å². The first kappa shape index (κ1) is 12.2. The van der Waals surface area contributed by atoms with Crippen LogP contribution in [-0.4, -0.2) is 36.5 Å². The van der Waals surface area contributed by atoms with Crippen LogP contribution in [0.4, 0.5) is 0 Å². The second kappa shape index (κ2) is 5.41. The van der Waals surface area contributed by atoms with E-state index in [4.69, 9.17) is 0 Å². The van der Waals surface area contributed by atoms with Gasteiger partial charge in [0.2, 0.25) is 5.91 Å². The van der Waals surface area contributed by atoms with Crippen molar-refractivity contribution >= 4 is 17.7 Å². The molecule has 1 aliphatic carbocycles. The zero-order chi connectivity index (χ0) is 11.4.